The highest BCUT2D eigenvalue weighted by molar-refractivity contribution is 5.73. The van der Waals surface area contributed by atoms with Crippen LogP contribution in [-0.2, 0) is 9.47 Å². The van der Waals surface area contributed by atoms with Crippen molar-refractivity contribution in [3.05, 3.63) is 0 Å². The van der Waals surface area contributed by atoms with E-state index < -0.39 is 12.2 Å². The molecule has 0 fully saturated rings. The Morgan fingerprint density at radius 2 is 1.56 bits per heavy atom. The number of hydrogen-bond acceptors (Lipinski definition) is 4. The lowest BCUT2D eigenvalue weighted by molar-refractivity contribution is 0.147. The molecule has 0 spiro atoms. The van der Waals surface area contributed by atoms with E-state index in [9.17, 15) is 9.59 Å². The van der Waals surface area contributed by atoms with Gasteiger partial charge in [0.25, 0.3) is 0 Å². The van der Waals surface area contributed by atoms with Gasteiger partial charge in [-0.3, -0.25) is 0 Å². The van der Waals surface area contributed by atoms with Gasteiger partial charge in [0.2, 0.25) is 0 Å². The first-order valence-corrected chi connectivity index (χ1v) is 5.46. The minimum absolute atomic E-state index is 0.198. The zero-order valence-electron chi connectivity index (χ0n) is 9.77. The number of amides is 2. The maximum absolute atomic E-state index is 10.9. The lowest BCUT2D eigenvalue weighted by Crippen LogP contribution is -2.02. The number of nitrogens with zero attached hydrogens (tertiary/aromatic N) is 2. The van der Waals surface area contributed by atoms with E-state index in [0.29, 0.717) is 6.61 Å². The third-order valence-electron chi connectivity index (χ3n) is 1.70. The van der Waals surface area contributed by atoms with Crippen LogP contribution in [0, 0.1) is 0 Å². The van der Waals surface area contributed by atoms with E-state index >= 15 is 0 Å². The lowest BCUT2D eigenvalue weighted by Gasteiger charge is -1.99. The van der Waals surface area contributed by atoms with Crippen LogP contribution in [0.4, 0.5) is 9.59 Å². The fourth-order valence-electron chi connectivity index (χ4n) is 0.951. The van der Waals surface area contributed by atoms with E-state index in [4.69, 9.17) is 4.74 Å². The summed E-state index contributed by atoms with van der Waals surface area (Å²) in [7, 11) is 0. The third-order valence-corrected chi connectivity index (χ3v) is 1.70. The summed E-state index contributed by atoms with van der Waals surface area (Å²) >= 11 is 0. The largest absolute Gasteiger partial charge is 0.452 e. The molecule has 0 radical (unpaired) electrons. The maximum atomic E-state index is 10.9. The molecule has 0 aromatic rings. The molecule has 0 aromatic heterocycles. The van der Waals surface area contributed by atoms with Crippen LogP contribution in [0.15, 0.2) is 10.2 Å². The Kier molecular flexibility index (Phi) is 9.15. The summed E-state index contributed by atoms with van der Waals surface area (Å²) in [6.45, 7) is 4.24. The molecule has 16 heavy (non-hydrogen) atoms. The molecule has 0 unspecified atom stereocenters. The topological polar surface area (TPSA) is 77.3 Å². The lowest BCUT2D eigenvalue weighted by atomic mass is 10.2. The summed E-state index contributed by atoms with van der Waals surface area (Å²) in [5.74, 6) is 0. The number of carbonyl (C=O) groups is 2. The van der Waals surface area contributed by atoms with Crippen molar-refractivity contribution in [1.29, 1.82) is 0 Å². The van der Waals surface area contributed by atoms with Crippen LogP contribution in [0.1, 0.15) is 39.5 Å². The molecule has 0 bridgehead atoms. The van der Waals surface area contributed by atoms with Crippen molar-refractivity contribution in [2.45, 2.75) is 39.5 Å². The number of unbranched alkanes of at least 4 members (excludes halogenated alkanes) is 3. The molecule has 0 N–H and O–H groups in total. The van der Waals surface area contributed by atoms with Crippen LogP contribution in [0.2, 0.25) is 0 Å². The highest BCUT2D eigenvalue weighted by atomic mass is 16.6. The standard InChI is InChI=1S/C10H18N2O4/c1-3-5-6-7-8-16-10(14)12-11-9(13)15-4-2/h3-8H2,1-2H3. The van der Waals surface area contributed by atoms with Crippen molar-refractivity contribution in [1.82, 2.24) is 0 Å². The van der Waals surface area contributed by atoms with Crippen LogP contribution in [0.25, 0.3) is 0 Å². The summed E-state index contributed by atoms with van der Waals surface area (Å²) in [6.07, 6.45) is 2.31. The maximum Gasteiger partial charge on any atom is 0.452 e. The van der Waals surface area contributed by atoms with Gasteiger partial charge in [-0.05, 0) is 13.3 Å². The molecule has 0 aliphatic carbocycles. The summed E-state index contributed by atoms with van der Waals surface area (Å²) in [6, 6.07) is 0. The Balaban J connectivity index is 3.54. The van der Waals surface area contributed by atoms with E-state index in [1.165, 1.54) is 0 Å². The van der Waals surface area contributed by atoms with Crippen molar-refractivity contribution >= 4 is 12.2 Å². The summed E-state index contributed by atoms with van der Waals surface area (Å²) in [5.41, 5.74) is 0. The fourth-order valence-corrected chi connectivity index (χ4v) is 0.951. The van der Waals surface area contributed by atoms with Crippen molar-refractivity contribution in [3.63, 3.8) is 0 Å². The van der Waals surface area contributed by atoms with Gasteiger partial charge in [-0.25, -0.2) is 9.59 Å². The number of hydrogen-bond donors (Lipinski definition) is 0. The number of ether oxygens (including phenoxy) is 2. The summed E-state index contributed by atoms with van der Waals surface area (Å²) < 4.78 is 9.15. The molecule has 0 saturated carbocycles. The third kappa shape index (κ3) is 9.11. The second-order valence-corrected chi connectivity index (χ2v) is 3.07. The predicted octanol–water partition coefficient (Wildman–Crippen LogP) is 3.31. The van der Waals surface area contributed by atoms with Gasteiger partial charge in [-0.15, -0.1) is 0 Å². The molecule has 0 aliphatic rings. The fraction of sp³-hybridized carbons (Fsp3) is 0.800. The SMILES string of the molecule is CCCCCCOC(=O)N=NC(=O)OCC. The molecular formula is C10H18N2O4. The highest BCUT2D eigenvalue weighted by Gasteiger charge is 2.02. The molecule has 0 heterocycles. The van der Waals surface area contributed by atoms with Gasteiger partial charge in [0.05, 0.1) is 13.2 Å². The van der Waals surface area contributed by atoms with E-state index in [2.05, 4.69) is 21.9 Å². The molecule has 0 saturated heterocycles. The quantitative estimate of drug-likeness (QED) is 0.518. The minimum atomic E-state index is -0.884. The van der Waals surface area contributed by atoms with Gasteiger partial charge in [0.15, 0.2) is 0 Å². The van der Waals surface area contributed by atoms with Gasteiger partial charge in [-0.1, -0.05) is 36.4 Å². The Morgan fingerprint density at radius 3 is 2.12 bits per heavy atom. The van der Waals surface area contributed by atoms with Crippen molar-refractivity contribution in [2.75, 3.05) is 13.2 Å². The number of rotatable bonds is 6. The van der Waals surface area contributed by atoms with E-state index in [0.717, 1.165) is 25.7 Å². The van der Waals surface area contributed by atoms with Gasteiger partial charge in [0, 0.05) is 0 Å². The van der Waals surface area contributed by atoms with E-state index in [-0.39, 0.29) is 6.61 Å². The Bertz CT molecular complexity index is 241. The van der Waals surface area contributed by atoms with Crippen LogP contribution < -0.4 is 0 Å². The van der Waals surface area contributed by atoms with Gasteiger partial charge in [-0.2, -0.15) is 0 Å². The van der Waals surface area contributed by atoms with Gasteiger partial charge < -0.3 is 9.47 Å². The van der Waals surface area contributed by atoms with Gasteiger partial charge >= 0.3 is 12.2 Å². The monoisotopic (exact) mass is 230 g/mol. The van der Waals surface area contributed by atoms with Gasteiger partial charge in [0.1, 0.15) is 0 Å². The smallest absolute Gasteiger partial charge is 0.447 e. The molecule has 2 amide bonds. The predicted molar refractivity (Wildman–Crippen MR) is 57.4 cm³/mol. The molecule has 0 aromatic carbocycles. The summed E-state index contributed by atoms with van der Waals surface area (Å²) in [4.78, 5) is 21.6. The molecule has 92 valence electrons. The van der Waals surface area contributed by atoms with Crippen LogP contribution >= 0.6 is 0 Å². The minimum Gasteiger partial charge on any atom is -0.447 e. The van der Waals surface area contributed by atoms with Crippen LogP contribution in [0.3, 0.4) is 0 Å². The summed E-state index contributed by atoms with van der Waals surface area (Å²) in [5, 5.41) is 6.07. The Morgan fingerprint density at radius 1 is 0.938 bits per heavy atom. The van der Waals surface area contributed by atoms with E-state index in [1.807, 2.05) is 0 Å². The van der Waals surface area contributed by atoms with Crippen molar-refractivity contribution in [3.8, 4) is 0 Å². The zero-order valence-corrected chi connectivity index (χ0v) is 9.77. The zero-order chi connectivity index (χ0) is 12.2. The molecule has 0 atom stereocenters. The first-order chi connectivity index (χ1) is 7.70. The number of azo groups is 1. The Labute approximate surface area is 95.0 Å². The van der Waals surface area contributed by atoms with Crippen LogP contribution in [0.5, 0.6) is 0 Å². The second-order valence-electron chi connectivity index (χ2n) is 3.07. The first kappa shape index (κ1) is 14.5. The second kappa shape index (κ2) is 10.1. The highest BCUT2D eigenvalue weighted by Crippen LogP contribution is 1.99. The molecule has 0 aliphatic heterocycles. The van der Waals surface area contributed by atoms with E-state index in [1.54, 1.807) is 6.92 Å². The molecule has 6 heteroatoms. The Hall–Kier alpha value is -1.46. The first-order valence-electron chi connectivity index (χ1n) is 5.46. The average molecular weight is 230 g/mol. The van der Waals surface area contributed by atoms with Crippen LogP contribution in [-0.4, -0.2) is 25.4 Å². The normalized spacial score (nSPS) is 10.4. The van der Waals surface area contributed by atoms with Crippen molar-refractivity contribution < 1.29 is 19.1 Å². The van der Waals surface area contributed by atoms with Crippen molar-refractivity contribution in [2.24, 2.45) is 10.2 Å². The average Bonchev–Trinajstić information content (AvgIpc) is 2.26. The molecule has 0 rings (SSSR count). The number of carbonyl (C=O) groups excluding carboxylic acids is 2. The molecule has 6 nitrogen and oxygen atoms in total. The molecular weight excluding hydrogens is 212 g/mol.